The first-order valence-corrected chi connectivity index (χ1v) is 8.38. The number of nitrogens with one attached hydrogen (secondary N) is 2. The second-order valence-corrected chi connectivity index (χ2v) is 5.63. The fourth-order valence-corrected chi connectivity index (χ4v) is 2.46. The van der Waals surface area contributed by atoms with Crippen molar-refractivity contribution in [1.82, 2.24) is 5.43 Å². The Morgan fingerprint density at radius 3 is 2.60 bits per heavy atom. The zero-order chi connectivity index (χ0) is 18.2. The Balaban J connectivity index is 1.97. The lowest BCUT2D eigenvalue weighted by Gasteiger charge is -2.21. The van der Waals surface area contributed by atoms with E-state index in [4.69, 9.17) is 12.2 Å². The molecule has 0 aliphatic carbocycles. The topological polar surface area (TPSA) is 59.9 Å². The van der Waals surface area contributed by atoms with Gasteiger partial charge in [0.2, 0.25) is 0 Å². The molecule has 0 spiro atoms. The second kappa shape index (κ2) is 8.98. The maximum Gasteiger partial charge on any atom is 0.191 e. The van der Waals surface area contributed by atoms with Crippen LogP contribution >= 0.6 is 12.2 Å². The van der Waals surface area contributed by atoms with E-state index in [0.717, 1.165) is 18.8 Å². The number of rotatable bonds is 6. The monoisotopic (exact) mass is 360 g/mol. The number of hydrogen-bond donors (Lipinski definition) is 3. The van der Waals surface area contributed by atoms with Crippen LogP contribution in [0.3, 0.4) is 0 Å². The van der Waals surface area contributed by atoms with Gasteiger partial charge in [0.15, 0.2) is 5.11 Å². The van der Waals surface area contributed by atoms with Gasteiger partial charge in [0, 0.05) is 30.4 Å². The van der Waals surface area contributed by atoms with Gasteiger partial charge in [-0.05, 0) is 50.3 Å². The number of phenols is 1. The molecule has 3 N–H and O–H groups in total. The molecule has 0 fully saturated rings. The van der Waals surface area contributed by atoms with Crippen molar-refractivity contribution in [2.75, 3.05) is 23.3 Å². The van der Waals surface area contributed by atoms with Gasteiger partial charge >= 0.3 is 0 Å². The van der Waals surface area contributed by atoms with Crippen LogP contribution in [0.15, 0.2) is 47.6 Å². The molecule has 2 aromatic carbocycles. The lowest BCUT2D eigenvalue weighted by Crippen LogP contribution is -2.24. The van der Waals surface area contributed by atoms with Gasteiger partial charge in [-0.25, -0.2) is 4.39 Å². The average molecular weight is 360 g/mol. The van der Waals surface area contributed by atoms with Gasteiger partial charge in [-0.1, -0.05) is 12.1 Å². The molecule has 2 rings (SSSR count). The van der Waals surface area contributed by atoms with Crippen LogP contribution in [0.4, 0.5) is 15.8 Å². The number of thiocarbonyl (C=S) groups is 1. The van der Waals surface area contributed by atoms with Crippen LogP contribution in [-0.2, 0) is 0 Å². The van der Waals surface area contributed by atoms with Crippen molar-refractivity contribution >= 4 is 34.9 Å². The molecule has 132 valence electrons. The molecule has 0 heterocycles. The van der Waals surface area contributed by atoms with Crippen molar-refractivity contribution in [3.63, 3.8) is 0 Å². The van der Waals surface area contributed by atoms with Gasteiger partial charge in [0.05, 0.1) is 11.9 Å². The number of phenolic OH excluding ortho intramolecular Hbond substituents is 1. The SMILES string of the molecule is CCN(CC)c1ccc(/C=N/NC(=S)Nc2ccccc2F)c(O)c1. The normalized spacial score (nSPS) is 10.7. The van der Waals surface area contributed by atoms with Gasteiger partial charge in [-0.2, -0.15) is 5.10 Å². The van der Waals surface area contributed by atoms with Crippen molar-refractivity contribution in [1.29, 1.82) is 0 Å². The molecule has 25 heavy (non-hydrogen) atoms. The van der Waals surface area contributed by atoms with Crippen LogP contribution in [0.2, 0.25) is 0 Å². The Kier molecular flexibility index (Phi) is 6.71. The third-order valence-electron chi connectivity index (χ3n) is 3.63. The molecule has 0 aliphatic rings. The predicted octanol–water partition coefficient (Wildman–Crippen LogP) is 3.70. The van der Waals surface area contributed by atoms with Crippen molar-refractivity contribution < 1.29 is 9.50 Å². The molecule has 7 heteroatoms. The third-order valence-corrected chi connectivity index (χ3v) is 3.83. The zero-order valence-electron chi connectivity index (χ0n) is 14.2. The average Bonchev–Trinajstić information content (AvgIpc) is 2.60. The summed E-state index contributed by atoms with van der Waals surface area (Å²) in [6.45, 7) is 5.84. The molecule has 0 radical (unpaired) electrons. The summed E-state index contributed by atoms with van der Waals surface area (Å²) in [6.07, 6.45) is 1.46. The van der Waals surface area contributed by atoms with Crippen LogP contribution in [0.25, 0.3) is 0 Å². The molecule has 0 aliphatic heterocycles. The maximum atomic E-state index is 13.5. The van der Waals surface area contributed by atoms with Gasteiger partial charge in [0.25, 0.3) is 0 Å². The first-order valence-electron chi connectivity index (χ1n) is 7.97. The Bertz CT molecular complexity index is 762. The number of benzene rings is 2. The standard InChI is InChI=1S/C18H21FN4OS/c1-3-23(4-2)14-10-9-13(17(24)11-14)12-20-22-18(25)21-16-8-6-5-7-15(16)19/h5-12,24H,3-4H2,1-2H3,(H2,21,22,25)/b20-12+. The fourth-order valence-electron chi connectivity index (χ4n) is 2.30. The van der Waals surface area contributed by atoms with Gasteiger partial charge in [-0.3, -0.25) is 5.43 Å². The number of aromatic hydroxyl groups is 1. The van der Waals surface area contributed by atoms with Gasteiger partial charge in [0.1, 0.15) is 11.6 Å². The number of nitrogens with zero attached hydrogens (tertiary/aromatic N) is 2. The van der Waals surface area contributed by atoms with Crippen LogP contribution in [-0.4, -0.2) is 29.5 Å². The number of anilines is 2. The summed E-state index contributed by atoms with van der Waals surface area (Å²) < 4.78 is 13.5. The summed E-state index contributed by atoms with van der Waals surface area (Å²) in [5.41, 5.74) is 4.36. The first-order chi connectivity index (χ1) is 12.0. The van der Waals surface area contributed by atoms with Crippen molar-refractivity contribution in [2.45, 2.75) is 13.8 Å². The molecule has 0 aromatic heterocycles. The highest BCUT2D eigenvalue weighted by Crippen LogP contribution is 2.23. The Morgan fingerprint density at radius 1 is 1.24 bits per heavy atom. The summed E-state index contributed by atoms with van der Waals surface area (Å²) in [4.78, 5) is 2.13. The molecule has 5 nitrogen and oxygen atoms in total. The quantitative estimate of drug-likeness (QED) is 0.417. The Labute approximate surface area is 152 Å². The molecule has 0 saturated heterocycles. The first kappa shape index (κ1) is 18.7. The number of hydrazone groups is 1. The fraction of sp³-hybridized carbons (Fsp3) is 0.222. The summed E-state index contributed by atoms with van der Waals surface area (Å²) in [5, 5.41) is 17.0. The summed E-state index contributed by atoms with van der Waals surface area (Å²) in [7, 11) is 0. The highest BCUT2D eigenvalue weighted by atomic mass is 32.1. The van der Waals surface area contributed by atoms with Crippen LogP contribution in [0.1, 0.15) is 19.4 Å². The van der Waals surface area contributed by atoms with E-state index in [9.17, 15) is 9.50 Å². The lowest BCUT2D eigenvalue weighted by atomic mass is 10.2. The van der Waals surface area contributed by atoms with Crippen LogP contribution in [0.5, 0.6) is 5.75 Å². The van der Waals surface area contributed by atoms with E-state index in [1.54, 1.807) is 30.3 Å². The molecule has 0 unspecified atom stereocenters. The van der Waals surface area contributed by atoms with E-state index in [0.29, 0.717) is 5.56 Å². The van der Waals surface area contributed by atoms with Crippen molar-refractivity contribution in [3.05, 3.63) is 53.8 Å². The van der Waals surface area contributed by atoms with E-state index in [-0.39, 0.29) is 16.5 Å². The Hall–Kier alpha value is -2.67. The van der Waals surface area contributed by atoms with E-state index in [1.807, 2.05) is 6.07 Å². The van der Waals surface area contributed by atoms with Gasteiger partial charge in [-0.15, -0.1) is 0 Å². The molecule has 0 amide bonds. The van der Waals surface area contributed by atoms with E-state index in [2.05, 4.69) is 34.6 Å². The van der Waals surface area contributed by atoms with Crippen molar-refractivity contribution in [2.24, 2.45) is 5.10 Å². The highest BCUT2D eigenvalue weighted by molar-refractivity contribution is 7.80. The highest BCUT2D eigenvalue weighted by Gasteiger charge is 2.06. The van der Waals surface area contributed by atoms with Crippen LogP contribution in [0, 0.1) is 5.82 Å². The molecule has 0 bridgehead atoms. The third kappa shape index (κ3) is 5.15. The smallest absolute Gasteiger partial charge is 0.191 e. The Morgan fingerprint density at radius 2 is 1.96 bits per heavy atom. The zero-order valence-corrected chi connectivity index (χ0v) is 15.0. The molecule has 2 aromatic rings. The lowest BCUT2D eigenvalue weighted by molar-refractivity contribution is 0.474. The number of hydrogen-bond acceptors (Lipinski definition) is 4. The molecular weight excluding hydrogens is 339 g/mol. The summed E-state index contributed by atoms with van der Waals surface area (Å²) in [5.74, 6) is -0.275. The summed E-state index contributed by atoms with van der Waals surface area (Å²) in [6, 6.07) is 11.6. The predicted molar refractivity (Wildman–Crippen MR) is 105 cm³/mol. The number of halogens is 1. The minimum Gasteiger partial charge on any atom is -0.507 e. The van der Waals surface area contributed by atoms with E-state index in [1.165, 1.54) is 12.3 Å². The molecule has 0 saturated carbocycles. The molecular formula is C18H21FN4OS. The summed E-state index contributed by atoms with van der Waals surface area (Å²) >= 11 is 5.06. The largest absolute Gasteiger partial charge is 0.507 e. The van der Waals surface area contributed by atoms with Crippen molar-refractivity contribution in [3.8, 4) is 5.75 Å². The minimum absolute atomic E-state index is 0.128. The van der Waals surface area contributed by atoms with E-state index < -0.39 is 5.82 Å². The van der Waals surface area contributed by atoms with Crippen LogP contribution < -0.4 is 15.6 Å². The molecule has 0 atom stereocenters. The second-order valence-electron chi connectivity index (χ2n) is 5.22. The number of para-hydroxylation sites is 1. The van der Waals surface area contributed by atoms with Gasteiger partial charge < -0.3 is 15.3 Å². The van der Waals surface area contributed by atoms with E-state index >= 15 is 0 Å². The maximum absolute atomic E-state index is 13.5. The minimum atomic E-state index is -0.403.